The molecule has 0 saturated carbocycles. The summed E-state index contributed by atoms with van der Waals surface area (Å²) in [6.07, 6.45) is -0.394. The molecular formula is C14H22ClN3O2. The molecule has 1 heterocycles. The van der Waals surface area contributed by atoms with Crippen LogP contribution in [0.25, 0.3) is 0 Å². The Balaban J connectivity index is 2.82. The molecule has 0 spiro atoms. The summed E-state index contributed by atoms with van der Waals surface area (Å²) in [6.45, 7) is 9.47. The molecule has 5 nitrogen and oxygen atoms in total. The van der Waals surface area contributed by atoms with Crippen LogP contribution in [0.15, 0.2) is 18.2 Å². The Kier molecular flexibility index (Phi) is 7.33. The van der Waals surface area contributed by atoms with E-state index in [-0.39, 0.29) is 0 Å². The lowest BCUT2D eigenvalue weighted by Crippen LogP contribution is -2.39. The number of hydrogen-bond acceptors (Lipinski definition) is 4. The molecule has 0 unspecified atom stereocenters. The highest BCUT2D eigenvalue weighted by Gasteiger charge is 2.19. The van der Waals surface area contributed by atoms with Gasteiger partial charge in [0.25, 0.3) is 0 Å². The van der Waals surface area contributed by atoms with Crippen LogP contribution in [0, 0.1) is 0 Å². The molecule has 112 valence electrons. The predicted octanol–water partition coefficient (Wildman–Crippen LogP) is 3.04. The number of hydrogen-bond donors (Lipinski definition) is 0. The van der Waals surface area contributed by atoms with Gasteiger partial charge in [0.1, 0.15) is 11.0 Å². The van der Waals surface area contributed by atoms with Crippen molar-refractivity contribution in [3.05, 3.63) is 23.4 Å². The second-order valence-corrected chi connectivity index (χ2v) is 4.58. The first kappa shape index (κ1) is 16.7. The maximum absolute atomic E-state index is 12.0. The topological polar surface area (TPSA) is 45.7 Å². The van der Waals surface area contributed by atoms with Crippen LogP contribution in [0.3, 0.4) is 0 Å². The Morgan fingerprint density at radius 1 is 1.25 bits per heavy atom. The van der Waals surface area contributed by atoms with Crippen molar-refractivity contribution >= 4 is 23.5 Å². The zero-order chi connectivity index (χ0) is 15.0. The molecule has 0 atom stereocenters. The molecular weight excluding hydrogens is 278 g/mol. The van der Waals surface area contributed by atoms with E-state index < -0.39 is 6.09 Å². The number of likely N-dealkylation sites (N-methyl/N-ethyl adjacent to an activating group) is 1. The third kappa shape index (κ3) is 4.98. The molecule has 0 aliphatic carbocycles. The SMILES string of the molecule is CCOC(=O)N(CCN(CC)CC)c1cccc(Cl)n1. The lowest BCUT2D eigenvalue weighted by Gasteiger charge is -2.25. The molecule has 0 radical (unpaired) electrons. The van der Waals surface area contributed by atoms with Crippen molar-refractivity contribution in [1.82, 2.24) is 9.88 Å². The molecule has 0 bridgehead atoms. The quantitative estimate of drug-likeness (QED) is 0.726. The number of ether oxygens (including phenoxy) is 1. The van der Waals surface area contributed by atoms with Gasteiger partial charge >= 0.3 is 6.09 Å². The number of anilines is 1. The summed E-state index contributed by atoms with van der Waals surface area (Å²) < 4.78 is 5.08. The summed E-state index contributed by atoms with van der Waals surface area (Å²) in [4.78, 5) is 20.0. The summed E-state index contributed by atoms with van der Waals surface area (Å²) in [5, 5.41) is 0.361. The van der Waals surface area contributed by atoms with E-state index in [0.29, 0.717) is 24.1 Å². The van der Waals surface area contributed by atoms with Crippen molar-refractivity contribution in [2.75, 3.05) is 37.7 Å². The summed E-state index contributed by atoms with van der Waals surface area (Å²) in [7, 11) is 0. The van der Waals surface area contributed by atoms with Crippen molar-refractivity contribution in [2.24, 2.45) is 0 Å². The third-order valence-corrected chi connectivity index (χ3v) is 3.21. The lowest BCUT2D eigenvalue weighted by molar-refractivity contribution is 0.158. The Morgan fingerprint density at radius 3 is 2.50 bits per heavy atom. The van der Waals surface area contributed by atoms with Gasteiger partial charge in [-0.1, -0.05) is 31.5 Å². The standard InChI is InChI=1S/C14H22ClN3O2/c1-4-17(5-2)10-11-18(14(19)20-6-3)13-9-7-8-12(15)16-13/h7-9H,4-6,10-11H2,1-3H3. The fourth-order valence-electron chi connectivity index (χ4n) is 1.83. The molecule has 0 N–H and O–H groups in total. The van der Waals surface area contributed by atoms with Gasteiger partial charge in [-0.05, 0) is 32.1 Å². The number of rotatable bonds is 7. The van der Waals surface area contributed by atoms with E-state index in [0.717, 1.165) is 19.6 Å². The molecule has 0 aromatic carbocycles. The van der Waals surface area contributed by atoms with E-state index >= 15 is 0 Å². The largest absolute Gasteiger partial charge is 0.449 e. The molecule has 0 fully saturated rings. The molecule has 1 aromatic heterocycles. The van der Waals surface area contributed by atoms with Crippen LogP contribution in [0.4, 0.5) is 10.6 Å². The first-order chi connectivity index (χ1) is 9.62. The molecule has 1 rings (SSSR count). The molecule has 20 heavy (non-hydrogen) atoms. The summed E-state index contributed by atoms with van der Waals surface area (Å²) in [5.41, 5.74) is 0. The van der Waals surface area contributed by atoms with Gasteiger partial charge in [0.05, 0.1) is 6.61 Å². The van der Waals surface area contributed by atoms with Crippen molar-refractivity contribution < 1.29 is 9.53 Å². The van der Waals surface area contributed by atoms with Crippen molar-refractivity contribution in [3.8, 4) is 0 Å². The number of nitrogens with zero attached hydrogens (tertiary/aromatic N) is 3. The van der Waals surface area contributed by atoms with Crippen LogP contribution in [-0.4, -0.2) is 48.8 Å². The van der Waals surface area contributed by atoms with Gasteiger partial charge in [0, 0.05) is 13.1 Å². The first-order valence-corrected chi connectivity index (χ1v) is 7.29. The maximum atomic E-state index is 12.0. The van der Waals surface area contributed by atoms with Crippen molar-refractivity contribution in [2.45, 2.75) is 20.8 Å². The normalized spacial score (nSPS) is 10.7. The van der Waals surface area contributed by atoms with Crippen molar-refractivity contribution in [3.63, 3.8) is 0 Å². The fourth-order valence-corrected chi connectivity index (χ4v) is 1.99. The Labute approximate surface area is 125 Å². The van der Waals surface area contributed by atoms with Crippen LogP contribution in [0.5, 0.6) is 0 Å². The Hall–Kier alpha value is -1.33. The fraction of sp³-hybridized carbons (Fsp3) is 0.571. The predicted molar refractivity (Wildman–Crippen MR) is 81.4 cm³/mol. The molecule has 0 aliphatic rings. The minimum Gasteiger partial charge on any atom is -0.449 e. The number of halogens is 1. The Bertz CT molecular complexity index is 425. The van der Waals surface area contributed by atoms with Gasteiger partial charge in [0.15, 0.2) is 0 Å². The number of carbonyl (C=O) groups excluding carboxylic acids is 1. The van der Waals surface area contributed by atoms with E-state index in [1.54, 1.807) is 25.1 Å². The number of aromatic nitrogens is 1. The minimum absolute atomic E-state index is 0.334. The second kappa shape index (κ2) is 8.76. The van der Waals surface area contributed by atoms with Crippen LogP contribution in [0.2, 0.25) is 5.15 Å². The molecule has 1 aromatic rings. The number of amides is 1. The van der Waals surface area contributed by atoms with Gasteiger partial charge in [-0.25, -0.2) is 9.78 Å². The van der Waals surface area contributed by atoms with Crippen molar-refractivity contribution in [1.29, 1.82) is 0 Å². The van der Waals surface area contributed by atoms with Crippen LogP contribution in [-0.2, 0) is 4.74 Å². The second-order valence-electron chi connectivity index (χ2n) is 4.20. The number of carbonyl (C=O) groups is 1. The summed E-state index contributed by atoms with van der Waals surface area (Å²) >= 11 is 5.89. The van der Waals surface area contributed by atoms with Gasteiger partial charge in [-0.2, -0.15) is 0 Å². The van der Waals surface area contributed by atoms with E-state index in [9.17, 15) is 4.79 Å². The zero-order valence-corrected chi connectivity index (χ0v) is 13.1. The monoisotopic (exact) mass is 299 g/mol. The van der Waals surface area contributed by atoms with Crippen LogP contribution < -0.4 is 4.90 Å². The number of pyridine rings is 1. The van der Waals surface area contributed by atoms with Crippen LogP contribution in [0.1, 0.15) is 20.8 Å². The van der Waals surface area contributed by atoms with E-state index in [4.69, 9.17) is 16.3 Å². The minimum atomic E-state index is -0.394. The molecule has 0 saturated heterocycles. The maximum Gasteiger partial charge on any atom is 0.415 e. The highest BCUT2D eigenvalue weighted by Crippen LogP contribution is 2.15. The highest BCUT2D eigenvalue weighted by molar-refractivity contribution is 6.29. The molecule has 6 heteroatoms. The average molecular weight is 300 g/mol. The average Bonchev–Trinajstić information content (AvgIpc) is 2.44. The first-order valence-electron chi connectivity index (χ1n) is 6.91. The van der Waals surface area contributed by atoms with Crippen LogP contribution >= 0.6 is 11.6 Å². The molecule has 0 aliphatic heterocycles. The van der Waals surface area contributed by atoms with E-state index in [2.05, 4.69) is 23.7 Å². The zero-order valence-electron chi connectivity index (χ0n) is 12.3. The smallest absolute Gasteiger partial charge is 0.415 e. The summed E-state index contributed by atoms with van der Waals surface area (Å²) in [5.74, 6) is 0.517. The van der Waals surface area contributed by atoms with Gasteiger partial charge in [-0.15, -0.1) is 0 Å². The van der Waals surface area contributed by atoms with E-state index in [1.807, 2.05) is 0 Å². The molecule has 1 amide bonds. The van der Waals surface area contributed by atoms with Gasteiger partial charge in [-0.3, -0.25) is 4.90 Å². The van der Waals surface area contributed by atoms with Gasteiger partial charge < -0.3 is 9.64 Å². The third-order valence-electron chi connectivity index (χ3n) is 3.00. The highest BCUT2D eigenvalue weighted by atomic mass is 35.5. The lowest BCUT2D eigenvalue weighted by atomic mass is 10.4. The summed E-state index contributed by atoms with van der Waals surface area (Å²) in [6, 6.07) is 5.21. The Morgan fingerprint density at radius 2 is 1.95 bits per heavy atom. The van der Waals surface area contributed by atoms with Gasteiger partial charge in [0.2, 0.25) is 0 Å². The van der Waals surface area contributed by atoms with E-state index in [1.165, 1.54) is 4.90 Å².